The first kappa shape index (κ1) is 17.5. The first-order valence-corrected chi connectivity index (χ1v) is 7.55. The number of amides is 1. The topological polar surface area (TPSA) is 116 Å². The summed E-state index contributed by atoms with van der Waals surface area (Å²) in [5, 5.41) is 21.2. The molecule has 1 amide bonds. The highest BCUT2D eigenvalue weighted by molar-refractivity contribution is 5.81. The quantitative estimate of drug-likeness (QED) is 0.867. The predicted octanol–water partition coefficient (Wildman–Crippen LogP) is 1.83. The highest BCUT2D eigenvalue weighted by atomic mass is 16.6. The van der Waals surface area contributed by atoms with Crippen molar-refractivity contribution in [2.75, 3.05) is 11.9 Å². The van der Waals surface area contributed by atoms with Gasteiger partial charge >= 0.3 is 12.1 Å². The largest absolute Gasteiger partial charge is 0.480 e. The molecule has 0 spiro atoms. The highest BCUT2D eigenvalue weighted by Crippen LogP contribution is 2.23. The lowest BCUT2D eigenvalue weighted by molar-refractivity contribution is -0.142. The Hall–Kier alpha value is -2.82. The number of nitrogens with one attached hydrogen (secondary N) is 1. The number of hydrogen-bond donors (Lipinski definition) is 2. The molecule has 2 N–H and O–H groups in total. The summed E-state index contributed by atoms with van der Waals surface area (Å²) >= 11 is 0. The van der Waals surface area contributed by atoms with Crippen molar-refractivity contribution in [3.8, 4) is 6.07 Å². The van der Waals surface area contributed by atoms with Crippen molar-refractivity contribution in [2.24, 2.45) is 0 Å². The molecule has 2 rings (SSSR count). The van der Waals surface area contributed by atoms with E-state index in [1.54, 1.807) is 32.9 Å². The van der Waals surface area contributed by atoms with E-state index in [1.807, 2.05) is 6.07 Å². The number of aliphatic carboxylic acids is 1. The molecule has 0 aliphatic carbocycles. The van der Waals surface area contributed by atoms with Gasteiger partial charge in [0.2, 0.25) is 0 Å². The molecule has 1 aromatic heterocycles. The van der Waals surface area contributed by atoms with Crippen LogP contribution in [0.15, 0.2) is 18.3 Å². The van der Waals surface area contributed by atoms with Crippen LogP contribution in [0, 0.1) is 11.3 Å². The molecule has 0 saturated carbocycles. The number of hydrogen-bond acceptors (Lipinski definition) is 6. The van der Waals surface area contributed by atoms with Gasteiger partial charge < -0.3 is 15.2 Å². The minimum atomic E-state index is -1.07. The van der Waals surface area contributed by atoms with E-state index in [9.17, 15) is 14.7 Å². The van der Waals surface area contributed by atoms with Gasteiger partial charge in [-0.1, -0.05) is 0 Å². The number of aromatic nitrogens is 1. The van der Waals surface area contributed by atoms with Crippen molar-refractivity contribution < 1.29 is 19.4 Å². The van der Waals surface area contributed by atoms with Crippen LogP contribution in [0.5, 0.6) is 0 Å². The first-order valence-electron chi connectivity index (χ1n) is 7.55. The first-order chi connectivity index (χ1) is 11.2. The lowest BCUT2D eigenvalue weighted by atomic mass is 10.1. The standard InChI is InChI=1S/C16H20N4O4/c1-16(2,3)24-15(23)20-9-11(6-12(20)14(21)22)19-13-5-4-10(7-17)8-18-13/h4-5,8,11-12H,6,9H2,1-3H3,(H,18,19)(H,21,22)/t11-,12+/m1/s1. The second kappa shape index (κ2) is 6.74. The van der Waals surface area contributed by atoms with Crippen LogP contribution in [-0.4, -0.2) is 51.3 Å². The molecule has 0 radical (unpaired) electrons. The van der Waals surface area contributed by atoms with Gasteiger partial charge in [-0.3, -0.25) is 4.90 Å². The summed E-state index contributed by atoms with van der Waals surface area (Å²) in [6.07, 6.45) is 1.03. The Morgan fingerprint density at radius 3 is 2.67 bits per heavy atom. The normalized spacial score (nSPS) is 20.3. The number of carbonyl (C=O) groups excluding carboxylic acids is 1. The van der Waals surface area contributed by atoms with Gasteiger partial charge in [0, 0.05) is 25.2 Å². The molecule has 128 valence electrons. The summed E-state index contributed by atoms with van der Waals surface area (Å²) in [7, 11) is 0. The van der Waals surface area contributed by atoms with Crippen LogP contribution >= 0.6 is 0 Å². The van der Waals surface area contributed by atoms with Crippen molar-refractivity contribution in [1.29, 1.82) is 5.26 Å². The Morgan fingerprint density at radius 2 is 2.17 bits per heavy atom. The van der Waals surface area contributed by atoms with Crippen molar-refractivity contribution in [1.82, 2.24) is 9.88 Å². The molecular weight excluding hydrogens is 312 g/mol. The van der Waals surface area contributed by atoms with E-state index in [1.165, 1.54) is 11.1 Å². The summed E-state index contributed by atoms with van der Waals surface area (Å²) in [6.45, 7) is 5.39. The third kappa shape index (κ3) is 4.35. The summed E-state index contributed by atoms with van der Waals surface area (Å²) in [5.74, 6) is -0.549. The Bertz CT molecular complexity index is 660. The molecule has 1 aliphatic rings. The minimum Gasteiger partial charge on any atom is -0.480 e. The number of nitrogens with zero attached hydrogens (tertiary/aromatic N) is 3. The number of pyridine rings is 1. The fourth-order valence-electron chi connectivity index (χ4n) is 2.45. The van der Waals surface area contributed by atoms with E-state index >= 15 is 0 Å². The van der Waals surface area contributed by atoms with E-state index in [-0.39, 0.29) is 19.0 Å². The smallest absolute Gasteiger partial charge is 0.411 e. The van der Waals surface area contributed by atoms with Crippen LogP contribution in [0.2, 0.25) is 0 Å². The second-order valence-corrected chi connectivity index (χ2v) is 6.61. The number of rotatable bonds is 3. The fraction of sp³-hybridized carbons (Fsp3) is 0.500. The van der Waals surface area contributed by atoms with E-state index in [4.69, 9.17) is 10.00 Å². The summed E-state index contributed by atoms with van der Waals surface area (Å²) in [4.78, 5) is 29.0. The van der Waals surface area contributed by atoms with E-state index in [2.05, 4.69) is 10.3 Å². The average Bonchev–Trinajstić information content (AvgIpc) is 2.90. The molecule has 24 heavy (non-hydrogen) atoms. The number of anilines is 1. The SMILES string of the molecule is CC(C)(C)OC(=O)N1C[C@H](Nc2ccc(C#N)cn2)C[C@H]1C(=O)O. The molecule has 1 saturated heterocycles. The Morgan fingerprint density at radius 1 is 1.46 bits per heavy atom. The molecule has 8 heteroatoms. The van der Waals surface area contributed by atoms with Crippen molar-refractivity contribution in [3.05, 3.63) is 23.9 Å². The molecule has 0 unspecified atom stereocenters. The lowest BCUT2D eigenvalue weighted by Gasteiger charge is -2.26. The van der Waals surface area contributed by atoms with Gasteiger partial charge in [-0.2, -0.15) is 5.26 Å². The monoisotopic (exact) mass is 332 g/mol. The van der Waals surface area contributed by atoms with E-state index < -0.39 is 23.7 Å². The fourth-order valence-corrected chi connectivity index (χ4v) is 2.45. The third-order valence-electron chi connectivity index (χ3n) is 3.46. The average molecular weight is 332 g/mol. The van der Waals surface area contributed by atoms with Gasteiger partial charge in [0.05, 0.1) is 5.56 Å². The van der Waals surface area contributed by atoms with Crippen LogP contribution < -0.4 is 5.32 Å². The molecule has 2 heterocycles. The minimum absolute atomic E-state index is 0.202. The molecule has 0 aromatic carbocycles. The number of nitriles is 1. The van der Waals surface area contributed by atoms with Gasteiger partial charge in [-0.25, -0.2) is 14.6 Å². The number of likely N-dealkylation sites (tertiary alicyclic amines) is 1. The van der Waals surface area contributed by atoms with Crippen molar-refractivity contribution in [2.45, 2.75) is 44.9 Å². The van der Waals surface area contributed by atoms with Gasteiger partial charge in [-0.15, -0.1) is 0 Å². The van der Waals surface area contributed by atoms with Gasteiger partial charge in [0.25, 0.3) is 0 Å². The molecule has 0 bridgehead atoms. The summed E-state index contributed by atoms with van der Waals surface area (Å²) in [6, 6.07) is 4.02. The molecule has 1 fully saturated rings. The zero-order valence-electron chi connectivity index (χ0n) is 13.8. The lowest BCUT2D eigenvalue weighted by Crippen LogP contribution is -2.43. The van der Waals surface area contributed by atoms with E-state index in [0.717, 1.165) is 0 Å². The van der Waals surface area contributed by atoms with Gasteiger partial charge in [0.1, 0.15) is 23.5 Å². The second-order valence-electron chi connectivity index (χ2n) is 6.61. The maximum atomic E-state index is 12.2. The van der Waals surface area contributed by atoms with Crippen LogP contribution in [0.4, 0.5) is 10.6 Å². The zero-order valence-corrected chi connectivity index (χ0v) is 13.8. The molecule has 1 aliphatic heterocycles. The summed E-state index contributed by atoms with van der Waals surface area (Å²) in [5.41, 5.74) is -0.258. The molecule has 2 atom stereocenters. The van der Waals surface area contributed by atoms with Gasteiger partial charge in [-0.05, 0) is 32.9 Å². The Balaban J connectivity index is 2.07. The van der Waals surface area contributed by atoms with Crippen molar-refractivity contribution in [3.63, 3.8) is 0 Å². The molecule has 8 nitrogen and oxygen atoms in total. The highest BCUT2D eigenvalue weighted by Gasteiger charge is 2.41. The Kier molecular flexibility index (Phi) is 4.93. The number of carboxylic acid groups (broad SMARTS) is 1. The van der Waals surface area contributed by atoms with E-state index in [0.29, 0.717) is 11.4 Å². The summed E-state index contributed by atoms with van der Waals surface area (Å²) < 4.78 is 5.28. The molecule has 1 aromatic rings. The number of carboxylic acids is 1. The molecular formula is C16H20N4O4. The third-order valence-corrected chi connectivity index (χ3v) is 3.46. The van der Waals surface area contributed by atoms with Crippen LogP contribution in [0.25, 0.3) is 0 Å². The number of ether oxygens (including phenoxy) is 1. The van der Waals surface area contributed by atoms with Crippen molar-refractivity contribution >= 4 is 17.9 Å². The van der Waals surface area contributed by atoms with Gasteiger partial charge in [0.15, 0.2) is 0 Å². The Labute approximate surface area is 140 Å². The van der Waals surface area contributed by atoms with Crippen LogP contribution in [0.1, 0.15) is 32.8 Å². The maximum Gasteiger partial charge on any atom is 0.411 e. The van der Waals surface area contributed by atoms with Crippen LogP contribution in [0.3, 0.4) is 0 Å². The number of carbonyl (C=O) groups is 2. The predicted molar refractivity (Wildman–Crippen MR) is 85.3 cm³/mol. The zero-order chi connectivity index (χ0) is 17.9. The van der Waals surface area contributed by atoms with Crippen LogP contribution in [-0.2, 0) is 9.53 Å². The maximum absolute atomic E-state index is 12.2.